The fourth-order valence-corrected chi connectivity index (χ4v) is 2.91. The van der Waals surface area contributed by atoms with Crippen molar-refractivity contribution in [2.45, 2.75) is 6.42 Å². The van der Waals surface area contributed by atoms with E-state index in [4.69, 9.17) is 0 Å². The Morgan fingerprint density at radius 2 is 1.81 bits per heavy atom. The van der Waals surface area contributed by atoms with E-state index in [1.165, 1.54) is 0 Å². The molecule has 0 saturated carbocycles. The number of nitrogens with zero attached hydrogens (tertiary/aromatic N) is 2. The number of anilines is 1. The molecular formula is C15H21N3O2S. The highest BCUT2D eigenvalue weighted by atomic mass is 32.2. The average molecular weight is 307 g/mol. The van der Waals surface area contributed by atoms with E-state index < -0.39 is 0 Å². The lowest BCUT2D eigenvalue weighted by molar-refractivity contribution is -0.127. The minimum Gasteiger partial charge on any atom is -0.349 e. The van der Waals surface area contributed by atoms with Gasteiger partial charge in [-0.05, 0) is 17.7 Å². The third-order valence-corrected chi connectivity index (χ3v) is 4.30. The van der Waals surface area contributed by atoms with Gasteiger partial charge in [0.05, 0.1) is 6.42 Å². The maximum atomic E-state index is 12.1. The van der Waals surface area contributed by atoms with Gasteiger partial charge < -0.3 is 15.1 Å². The molecule has 1 fully saturated rings. The zero-order chi connectivity index (χ0) is 15.2. The third-order valence-electron chi connectivity index (χ3n) is 3.36. The van der Waals surface area contributed by atoms with Crippen molar-refractivity contribution >= 4 is 29.4 Å². The summed E-state index contributed by atoms with van der Waals surface area (Å²) in [6.45, 7) is 1.60. The van der Waals surface area contributed by atoms with Crippen LogP contribution in [-0.4, -0.2) is 60.4 Å². The van der Waals surface area contributed by atoms with Crippen LogP contribution in [0.3, 0.4) is 0 Å². The molecule has 21 heavy (non-hydrogen) atoms. The standard InChI is InChI=1S/C15H21N3O2S/c1-17(2)14(19)11-12-3-5-13(6-4-12)16-15(20)18-7-9-21-10-8-18/h3-6H,7-11H2,1-2H3,(H,16,20). The Morgan fingerprint density at radius 1 is 1.19 bits per heavy atom. The van der Waals surface area contributed by atoms with Crippen LogP contribution < -0.4 is 5.32 Å². The van der Waals surface area contributed by atoms with Crippen LogP contribution in [0.1, 0.15) is 5.56 Å². The fourth-order valence-electron chi connectivity index (χ4n) is 2.01. The summed E-state index contributed by atoms with van der Waals surface area (Å²) in [5.41, 5.74) is 1.71. The second-order valence-electron chi connectivity index (χ2n) is 5.19. The van der Waals surface area contributed by atoms with Crippen molar-refractivity contribution in [1.82, 2.24) is 9.80 Å². The quantitative estimate of drug-likeness (QED) is 0.928. The molecule has 114 valence electrons. The van der Waals surface area contributed by atoms with Gasteiger partial charge in [-0.15, -0.1) is 0 Å². The van der Waals surface area contributed by atoms with Crippen LogP contribution in [0.25, 0.3) is 0 Å². The van der Waals surface area contributed by atoms with Gasteiger partial charge in [0.15, 0.2) is 0 Å². The molecule has 1 aromatic rings. The minimum absolute atomic E-state index is 0.0487. The molecule has 0 aromatic heterocycles. The SMILES string of the molecule is CN(C)C(=O)Cc1ccc(NC(=O)N2CCSCC2)cc1. The van der Waals surface area contributed by atoms with Crippen LogP contribution in [0.5, 0.6) is 0 Å². The molecule has 0 unspecified atom stereocenters. The largest absolute Gasteiger partial charge is 0.349 e. The molecule has 0 radical (unpaired) electrons. The van der Waals surface area contributed by atoms with Gasteiger partial charge in [0.1, 0.15) is 0 Å². The van der Waals surface area contributed by atoms with Crippen molar-refractivity contribution in [3.63, 3.8) is 0 Å². The van der Waals surface area contributed by atoms with Crippen molar-refractivity contribution in [3.05, 3.63) is 29.8 Å². The Balaban J connectivity index is 1.89. The Bertz CT molecular complexity index is 496. The van der Waals surface area contributed by atoms with Gasteiger partial charge in [-0.1, -0.05) is 12.1 Å². The van der Waals surface area contributed by atoms with Gasteiger partial charge >= 0.3 is 6.03 Å². The predicted octanol–water partition coefficient (Wildman–Crippen LogP) is 1.90. The maximum absolute atomic E-state index is 12.1. The van der Waals surface area contributed by atoms with Crippen LogP contribution in [0, 0.1) is 0 Å². The molecule has 0 spiro atoms. The molecule has 0 atom stereocenters. The molecule has 1 aliphatic heterocycles. The van der Waals surface area contributed by atoms with E-state index in [0.29, 0.717) is 6.42 Å². The van der Waals surface area contributed by atoms with Crippen LogP contribution >= 0.6 is 11.8 Å². The van der Waals surface area contributed by atoms with Gasteiger partial charge in [0.2, 0.25) is 5.91 Å². The summed E-state index contributed by atoms with van der Waals surface area (Å²) in [7, 11) is 3.49. The van der Waals surface area contributed by atoms with E-state index in [0.717, 1.165) is 35.8 Å². The highest BCUT2D eigenvalue weighted by Crippen LogP contribution is 2.14. The number of rotatable bonds is 3. The van der Waals surface area contributed by atoms with Gasteiger partial charge in [-0.3, -0.25) is 4.79 Å². The Morgan fingerprint density at radius 3 is 2.38 bits per heavy atom. The number of carbonyl (C=O) groups excluding carboxylic acids is 2. The lowest BCUT2D eigenvalue weighted by Gasteiger charge is -2.26. The van der Waals surface area contributed by atoms with Gasteiger partial charge in [0.25, 0.3) is 0 Å². The van der Waals surface area contributed by atoms with E-state index in [1.807, 2.05) is 40.9 Å². The number of benzene rings is 1. The summed E-state index contributed by atoms with van der Waals surface area (Å²) in [5, 5.41) is 2.90. The summed E-state index contributed by atoms with van der Waals surface area (Å²) >= 11 is 1.87. The van der Waals surface area contributed by atoms with Crippen molar-refractivity contribution in [2.24, 2.45) is 0 Å². The number of urea groups is 1. The third kappa shape index (κ3) is 4.67. The van der Waals surface area contributed by atoms with Gasteiger partial charge in [0, 0.05) is 44.4 Å². The number of thioether (sulfide) groups is 1. The fraction of sp³-hybridized carbons (Fsp3) is 0.467. The highest BCUT2D eigenvalue weighted by molar-refractivity contribution is 7.99. The Kier molecular flexibility index (Phi) is 5.50. The zero-order valence-electron chi connectivity index (χ0n) is 12.5. The molecule has 0 bridgehead atoms. The first-order valence-corrected chi connectivity index (χ1v) is 8.14. The summed E-state index contributed by atoms with van der Waals surface area (Å²) in [6.07, 6.45) is 0.380. The molecule has 5 nitrogen and oxygen atoms in total. The molecule has 2 rings (SSSR count). The van der Waals surface area contributed by atoms with Gasteiger partial charge in [-0.25, -0.2) is 4.79 Å². The maximum Gasteiger partial charge on any atom is 0.321 e. The number of likely N-dealkylation sites (N-methyl/N-ethyl adjacent to an activating group) is 1. The number of carbonyl (C=O) groups is 2. The average Bonchev–Trinajstić information content (AvgIpc) is 2.50. The summed E-state index contributed by atoms with van der Waals surface area (Å²) in [5.74, 6) is 2.07. The van der Waals surface area contributed by atoms with E-state index in [9.17, 15) is 9.59 Å². The second-order valence-corrected chi connectivity index (χ2v) is 6.42. The molecular weight excluding hydrogens is 286 g/mol. The van der Waals surface area contributed by atoms with Crippen molar-refractivity contribution in [2.75, 3.05) is 44.0 Å². The summed E-state index contributed by atoms with van der Waals surface area (Å²) < 4.78 is 0. The van der Waals surface area contributed by atoms with Crippen LogP contribution in [0.2, 0.25) is 0 Å². The first-order chi connectivity index (χ1) is 10.1. The monoisotopic (exact) mass is 307 g/mol. The second kappa shape index (κ2) is 7.36. The molecule has 1 N–H and O–H groups in total. The normalized spacial score (nSPS) is 14.7. The van der Waals surface area contributed by atoms with Crippen molar-refractivity contribution in [1.29, 1.82) is 0 Å². The topological polar surface area (TPSA) is 52.7 Å². The number of hydrogen-bond donors (Lipinski definition) is 1. The lowest BCUT2D eigenvalue weighted by Crippen LogP contribution is -2.40. The Hall–Kier alpha value is -1.69. The predicted molar refractivity (Wildman–Crippen MR) is 86.8 cm³/mol. The van der Waals surface area contributed by atoms with E-state index in [-0.39, 0.29) is 11.9 Å². The zero-order valence-corrected chi connectivity index (χ0v) is 13.3. The molecule has 1 aromatic carbocycles. The lowest BCUT2D eigenvalue weighted by atomic mass is 10.1. The number of hydrogen-bond acceptors (Lipinski definition) is 3. The van der Waals surface area contributed by atoms with Gasteiger partial charge in [-0.2, -0.15) is 11.8 Å². The molecule has 6 heteroatoms. The molecule has 3 amide bonds. The Labute approximate surface area is 129 Å². The van der Waals surface area contributed by atoms with Crippen LogP contribution in [0.15, 0.2) is 24.3 Å². The van der Waals surface area contributed by atoms with Crippen LogP contribution in [-0.2, 0) is 11.2 Å². The van der Waals surface area contributed by atoms with E-state index in [1.54, 1.807) is 19.0 Å². The molecule has 1 aliphatic rings. The first kappa shape index (κ1) is 15.7. The highest BCUT2D eigenvalue weighted by Gasteiger charge is 2.16. The first-order valence-electron chi connectivity index (χ1n) is 6.99. The molecule has 1 heterocycles. The van der Waals surface area contributed by atoms with Crippen molar-refractivity contribution in [3.8, 4) is 0 Å². The smallest absolute Gasteiger partial charge is 0.321 e. The van der Waals surface area contributed by atoms with Crippen molar-refractivity contribution < 1.29 is 9.59 Å². The number of nitrogens with one attached hydrogen (secondary N) is 1. The van der Waals surface area contributed by atoms with E-state index >= 15 is 0 Å². The minimum atomic E-state index is -0.0487. The van der Waals surface area contributed by atoms with Crippen LogP contribution in [0.4, 0.5) is 10.5 Å². The molecule has 0 aliphatic carbocycles. The van der Waals surface area contributed by atoms with E-state index in [2.05, 4.69) is 5.32 Å². The molecule has 1 saturated heterocycles. The summed E-state index contributed by atoms with van der Waals surface area (Å²) in [4.78, 5) is 27.1. The number of amides is 3. The summed E-state index contributed by atoms with van der Waals surface area (Å²) in [6, 6.07) is 7.39.